The number of hydrogen-bond acceptors (Lipinski definition) is 7. The summed E-state index contributed by atoms with van der Waals surface area (Å²) in [4.78, 5) is 17.1. The summed E-state index contributed by atoms with van der Waals surface area (Å²) in [7, 11) is 2.06. The highest BCUT2D eigenvalue weighted by molar-refractivity contribution is 5.64. The Morgan fingerprint density at radius 2 is 1.91 bits per heavy atom. The minimum Gasteiger partial charge on any atom is -0.379 e. The third-order valence-electron chi connectivity index (χ3n) is 7.12. The van der Waals surface area contributed by atoms with E-state index in [9.17, 15) is 0 Å². The van der Waals surface area contributed by atoms with E-state index in [1.807, 2.05) is 6.20 Å². The highest BCUT2D eigenvalue weighted by Crippen LogP contribution is 2.29. The van der Waals surface area contributed by atoms with Crippen molar-refractivity contribution in [2.75, 3.05) is 75.9 Å². The molecule has 2 fully saturated rings. The first-order valence-corrected chi connectivity index (χ1v) is 12.2. The molecule has 2 saturated heterocycles. The average Bonchev–Trinajstić information content (AvgIpc) is 3.27. The standard InChI is InChI=1S/C25H36N6O/c1-26-22-4-2-11-31(19-22)23-7-5-20(6-8-23)24-27-18-21-9-13-30(25(21)28-24)12-3-10-29-14-16-32-17-15-29/h5-8,18,22,26H,2-4,9-17,19H2,1H3. The van der Waals surface area contributed by atoms with E-state index in [0.717, 1.165) is 89.1 Å². The maximum Gasteiger partial charge on any atom is 0.161 e. The molecule has 172 valence electrons. The molecule has 0 aliphatic carbocycles. The summed E-state index contributed by atoms with van der Waals surface area (Å²) in [6, 6.07) is 9.39. The lowest BCUT2D eigenvalue weighted by Crippen LogP contribution is -2.44. The summed E-state index contributed by atoms with van der Waals surface area (Å²) in [5.74, 6) is 1.97. The summed E-state index contributed by atoms with van der Waals surface area (Å²) in [6.45, 7) is 9.32. The van der Waals surface area contributed by atoms with Gasteiger partial charge in [-0.1, -0.05) is 0 Å². The van der Waals surface area contributed by atoms with Gasteiger partial charge in [0.1, 0.15) is 5.82 Å². The van der Waals surface area contributed by atoms with Crippen LogP contribution in [0.25, 0.3) is 11.4 Å². The van der Waals surface area contributed by atoms with Gasteiger partial charge in [0, 0.05) is 74.9 Å². The van der Waals surface area contributed by atoms with E-state index in [2.05, 4.69) is 51.3 Å². The van der Waals surface area contributed by atoms with Crippen LogP contribution in [-0.2, 0) is 11.2 Å². The van der Waals surface area contributed by atoms with E-state index in [-0.39, 0.29) is 0 Å². The molecule has 7 nitrogen and oxygen atoms in total. The van der Waals surface area contributed by atoms with E-state index in [4.69, 9.17) is 14.7 Å². The number of anilines is 2. The van der Waals surface area contributed by atoms with Gasteiger partial charge in [0.25, 0.3) is 0 Å². The zero-order valence-electron chi connectivity index (χ0n) is 19.3. The van der Waals surface area contributed by atoms with Crippen molar-refractivity contribution in [1.82, 2.24) is 20.2 Å². The number of piperidine rings is 1. The van der Waals surface area contributed by atoms with Crippen LogP contribution in [0.3, 0.4) is 0 Å². The predicted molar refractivity (Wildman–Crippen MR) is 130 cm³/mol. The van der Waals surface area contributed by atoms with E-state index in [1.165, 1.54) is 24.1 Å². The first-order chi connectivity index (χ1) is 15.8. The van der Waals surface area contributed by atoms with Crippen LogP contribution >= 0.6 is 0 Å². The second-order valence-electron chi connectivity index (χ2n) is 9.21. The fourth-order valence-corrected chi connectivity index (χ4v) is 5.14. The van der Waals surface area contributed by atoms with Crippen molar-refractivity contribution in [2.24, 2.45) is 0 Å². The Kier molecular flexibility index (Phi) is 6.86. The van der Waals surface area contributed by atoms with Gasteiger partial charge in [-0.3, -0.25) is 4.90 Å². The number of likely N-dealkylation sites (N-methyl/N-ethyl adjacent to an activating group) is 1. The molecule has 1 aromatic carbocycles. The van der Waals surface area contributed by atoms with Gasteiger partial charge in [0.2, 0.25) is 0 Å². The van der Waals surface area contributed by atoms with Crippen LogP contribution in [0.5, 0.6) is 0 Å². The summed E-state index contributed by atoms with van der Waals surface area (Å²) in [6.07, 6.45) is 6.75. The second kappa shape index (κ2) is 10.1. The minimum absolute atomic E-state index is 0.581. The van der Waals surface area contributed by atoms with Crippen molar-refractivity contribution in [3.63, 3.8) is 0 Å². The number of fused-ring (bicyclic) bond motifs is 1. The number of aromatic nitrogens is 2. The van der Waals surface area contributed by atoms with Crippen molar-refractivity contribution in [3.8, 4) is 11.4 Å². The summed E-state index contributed by atoms with van der Waals surface area (Å²) >= 11 is 0. The molecule has 1 aromatic heterocycles. The minimum atomic E-state index is 0.581. The largest absolute Gasteiger partial charge is 0.379 e. The molecule has 0 bridgehead atoms. The van der Waals surface area contributed by atoms with E-state index in [1.54, 1.807) is 0 Å². The van der Waals surface area contributed by atoms with Crippen LogP contribution in [0, 0.1) is 0 Å². The molecule has 3 aliphatic heterocycles. The third-order valence-corrected chi connectivity index (χ3v) is 7.12. The van der Waals surface area contributed by atoms with Gasteiger partial charge in [-0.2, -0.15) is 0 Å². The number of nitrogens with zero attached hydrogens (tertiary/aromatic N) is 5. The molecule has 4 heterocycles. The Bertz CT molecular complexity index is 883. The molecule has 0 saturated carbocycles. The Hall–Kier alpha value is -2.22. The van der Waals surface area contributed by atoms with Gasteiger partial charge in [-0.25, -0.2) is 9.97 Å². The number of nitrogens with one attached hydrogen (secondary N) is 1. The zero-order valence-corrected chi connectivity index (χ0v) is 19.3. The molecular weight excluding hydrogens is 400 g/mol. The van der Waals surface area contributed by atoms with Crippen LogP contribution in [-0.4, -0.2) is 87.0 Å². The van der Waals surface area contributed by atoms with Gasteiger partial charge in [-0.05, 0) is 57.0 Å². The Labute approximate surface area is 191 Å². The molecule has 0 spiro atoms. The molecule has 3 aliphatic rings. The monoisotopic (exact) mass is 436 g/mol. The fraction of sp³-hybridized carbons (Fsp3) is 0.600. The molecule has 0 radical (unpaired) electrons. The molecule has 2 aromatic rings. The van der Waals surface area contributed by atoms with Crippen LogP contribution in [0.15, 0.2) is 30.5 Å². The maximum absolute atomic E-state index is 5.46. The number of rotatable bonds is 7. The second-order valence-corrected chi connectivity index (χ2v) is 9.21. The van der Waals surface area contributed by atoms with Crippen LogP contribution < -0.4 is 15.1 Å². The Balaban J connectivity index is 1.23. The van der Waals surface area contributed by atoms with Crippen LogP contribution in [0.4, 0.5) is 11.5 Å². The van der Waals surface area contributed by atoms with E-state index >= 15 is 0 Å². The molecular formula is C25H36N6O. The molecule has 0 amide bonds. The first kappa shape index (κ1) is 21.6. The molecule has 1 N–H and O–H groups in total. The smallest absolute Gasteiger partial charge is 0.161 e. The summed E-state index contributed by atoms with van der Waals surface area (Å²) < 4.78 is 5.46. The van der Waals surface area contributed by atoms with Crippen molar-refractivity contribution < 1.29 is 4.74 Å². The van der Waals surface area contributed by atoms with Crippen LogP contribution in [0.1, 0.15) is 24.8 Å². The molecule has 5 rings (SSSR count). The number of benzene rings is 1. The fourth-order valence-electron chi connectivity index (χ4n) is 5.14. The normalized spacial score (nSPS) is 21.7. The Morgan fingerprint density at radius 3 is 2.72 bits per heavy atom. The topological polar surface area (TPSA) is 56.8 Å². The lowest BCUT2D eigenvalue weighted by Gasteiger charge is -2.34. The molecule has 7 heteroatoms. The van der Waals surface area contributed by atoms with Gasteiger partial charge < -0.3 is 19.9 Å². The van der Waals surface area contributed by atoms with Gasteiger partial charge >= 0.3 is 0 Å². The van der Waals surface area contributed by atoms with Crippen molar-refractivity contribution in [3.05, 3.63) is 36.0 Å². The lowest BCUT2D eigenvalue weighted by molar-refractivity contribution is 0.0376. The van der Waals surface area contributed by atoms with Crippen molar-refractivity contribution in [2.45, 2.75) is 31.7 Å². The lowest BCUT2D eigenvalue weighted by atomic mass is 10.0. The predicted octanol–water partition coefficient (Wildman–Crippen LogP) is 2.42. The van der Waals surface area contributed by atoms with Gasteiger partial charge in [-0.15, -0.1) is 0 Å². The quantitative estimate of drug-likeness (QED) is 0.715. The molecule has 1 atom stereocenters. The maximum atomic E-state index is 5.46. The van der Waals surface area contributed by atoms with Crippen LogP contribution in [0.2, 0.25) is 0 Å². The summed E-state index contributed by atoms with van der Waals surface area (Å²) in [5, 5.41) is 3.43. The summed E-state index contributed by atoms with van der Waals surface area (Å²) in [5.41, 5.74) is 3.67. The zero-order chi connectivity index (χ0) is 21.8. The highest BCUT2D eigenvalue weighted by Gasteiger charge is 2.23. The molecule has 32 heavy (non-hydrogen) atoms. The van der Waals surface area contributed by atoms with E-state index in [0.29, 0.717) is 6.04 Å². The third kappa shape index (κ3) is 4.90. The number of hydrogen-bond donors (Lipinski definition) is 1. The van der Waals surface area contributed by atoms with Crippen molar-refractivity contribution in [1.29, 1.82) is 0 Å². The van der Waals surface area contributed by atoms with Gasteiger partial charge in [0.15, 0.2) is 5.82 Å². The van der Waals surface area contributed by atoms with Crippen molar-refractivity contribution >= 4 is 11.5 Å². The highest BCUT2D eigenvalue weighted by atomic mass is 16.5. The SMILES string of the molecule is CNC1CCCN(c2ccc(-c3ncc4c(n3)N(CCCN3CCOCC3)CC4)cc2)C1. The molecule has 1 unspecified atom stereocenters. The number of morpholine rings is 1. The van der Waals surface area contributed by atoms with Gasteiger partial charge in [0.05, 0.1) is 13.2 Å². The Morgan fingerprint density at radius 1 is 1.06 bits per heavy atom. The number of ether oxygens (including phenoxy) is 1. The first-order valence-electron chi connectivity index (χ1n) is 12.2. The van der Waals surface area contributed by atoms with E-state index < -0.39 is 0 Å². The average molecular weight is 437 g/mol.